The summed E-state index contributed by atoms with van der Waals surface area (Å²) in [5.74, 6) is 0.0901. The molecule has 7 nitrogen and oxygen atoms in total. The topological polar surface area (TPSA) is 89.2 Å². The summed E-state index contributed by atoms with van der Waals surface area (Å²) in [6.45, 7) is 5.63. The lowest BCUT2D eigenvalue weighted by Crippen LogP contribution is -2.43. The van der Waals surface area contributed by atoms with Crippen LogP contribution in [0, 0.1) is 6.92 Å². The number of hydrogen-bond acceptors (Lipinski definition) is 7. The number of nitrogens with two attached hydrogens (primary N) is 1. The van der Waals surface area contributed by atoms with Crippen LogP contribution in [0.3, 0.4) is 0 Å². The first kappa shape index (κ1) is 29.1. The van der Waals surface area contributed by atoms with Crippen molar-refractivity contribution in [3.8, 4) is 28.3 Å². The lowest BCUT2D eigenvalue weighted by atomic mass is 9.99. The Balaban J connectivity index is 0.00000370. The van der Waals surface area contributed by atoms with Crippen molar-refractivity contribution < 1.29 is 17.9 Å². The fourth-order valence-electron chi connectivity index (χ4n) is 4.65. The molecule has 2 aromatic heterocycles. The Morgan fingerprint density at radius 1 is 0.925 bits per heavy atom. The lowest BCUT2D eigenvalue weighted by Gasteiger charge is -2.29. The molecule has 3 heterocycles. The zero-order chi connectivity index (χ0) is 27.4. The van der Waals surface area contributed by atoms with Crippen LogP contribution in [-0.4, -0.2) is 47.7 Å². The van der Waals surface area contributed by atoms with Gasteiger partial charge in [-0.25, -0.2) is 9.97 Å². The van der Waals surface area contributed by atoms with E-state index in [2.05, 4.69) is 49.4 Å². The number of ether oxygens (including phenoxy) is 1. The number of nitrogens with zero attached hydrogens (tertiary/aromatic N) is 4. The molecule has 1 aliphatic heterocycles. The van der Waals surface area contributed by atoms with Crippen LogP contribution in [0.15, 0.2) is 66.7 Å². The fraction of sp³-hybridized carbons (Fsp3) is 0.276. The first-order valence-corrected chi connectivity index (χ1v) is 12.7. The van der Waals surface area contributed by atoms with E-state index in [0.29, 0.717) is 23.2 Å². The van der Waals surface area contributed by atoms with Gasteiger partial charge < -0.3 is 20.7 Å². The predicted octanol–water partition coefficient (Wildman–Crippen LogP) is 5.57. The third-order valence-electron chi connectivity index (χ3n) is 6.52. The van der Waals surface area contributed by atoms with Gasteiger partial charge in [0.2, 0.25) is 11.8 Å². The Bertz CT molecular complexity index is 1430. The second-order valence-electron chi connectivity index (χ2n) is 9.36. The van der Waals surface area contributed by atoms with Crippen molar-refractivity contribution in [3.63, 3.8) is 0 Å². The van der Waals surface area contributed by atoms with Gasteiger partial charge in [-0.2, -0.15) is 18.2 Å². The van der Waals surface area contributed by atoms with Crippen molar-refractivity contribution >= 4 is 24.0 Å². The highest BCUT2D eigenvalue weighted by molar-refractivity contribution is 5.85. The number of aryl methyl sites for hydroxylation is 1. The molecule has 2 aromatic carbocycles. The molecule has 0 amide bonds. The van der Waals surface area contributed by atoms with E-state index < -0.39 is 11.9 Å². The van der Waals surface area contributed by atoms with Gasteiger partial charge in [-0.1, -0.05) is 42.5 Å². The van der Waals surface area contributed by atoms with Gasteiger partial charge in [0.1, 0.15) is 5.69 Å². The van der Waals surface area contributed by atoms with Crippen molar-refractivity contribution in [2.45, 2.75) is 19.5 Å². The summed E-state index contributed by atoms with van der Waals surface area (Å²) >= 11 is 0. The van der Waals surface area contributed by atoms with E-state index in [4.69, 9.17) is 10.5 Å². The van der Waals surface area contributed by atoms with E-state index in [9.17, 15) is 13.2 Å². The molecule has 0 radical (unpaired) electrons. The molecule has 5 rings (SSSR count). The monoisotopic (exact) mass is 570 g/mol. The Morgan fingerprint density at radius 2 is 1.62 bits per heavy atom. The Labute approximate surface area is 237 Å². The first-order valence-electron chi connectivity index (χ1n) is 12.7. The zero-order valence-electron chi connectivity index (χ0n) is 21.9. The Morgan fingerprint density at radius 3 is 2.30 bits per heavy atom. The normalized spacial score (nSPS) is 13.6. The van der Waals surface area contributed by atoms with Crippen molar-refractivity contribution in [3.05, 3.63) is 83.7 Å². The first-order chi connectivity index (χ1) is 18.8. The maximum atomic E-state index is 13.6. The molecule has 0 saturated carbocycles. The third-order valence-corrected chi connectivity index (χ3v) is 6.52. The molecule has 0 spiro atoms. The standard InChI is InChI=1S/C29H29F3N6O.ClH/c1-19-17-22(18-24(35-19)29(30,31)32)25-26(21-5-3-2-4-6-21)36-28(33)37-27(25)39-16-11-20-7-9-23(10-8-20)38-14-12-34-13-15-38;/h2-10,17-18,34H,11-16H2,1H3,(H2,33,36,37);1H. The van der Waals surface area contributed by atoms with Gasteiger partial charge in [-0.3, -0.25) is 0 Å². The number of rotatable bonds is 7. The quantitative estimate of drug-likeness (QED) is 0.300. The molecule has 1 fully saturated rings. The molecule has 0 aliphatic carbocycles. The predicted molar refractivity (Wildman–Crippen MR) is 153 cm³/mol. The van der Waals surface area contributed by atoms with Crippen LogP contribution >= 0.6 is 12.4 Å². The summed E-state index contributed by atoms with van der Waals surface area (Å²) in [6.07, 6.45) is -4.03. The summed E-state index contributed by atoms with van der Waals surface area (Å²) < 4.78 is 47.0. The molecule has 0 unspecified atom stereocenters. The number of benzene rings is 2. The highest BCUT2D eigenvalue weighted by atomic mass is 35.5. The van der Waals surface area contributed by atoms with Gasteiger partial charge >= 0.3 is 6.18 Å². The minimum Gasteiger partial charge on any atom is -0.477 e. The van der Waals surface area contributed by atoms with Crippen LogP contribution in [0.1, 0.15) is 17.0 Å². The van der Waals surface area contributed by atoms with Crippen molar-refractivity contribution in [2.24, 2.45) is 0 Å². The van der Waals surface area contributed by atoms with Crippen LogP contribution in [0.25, 0.3) is 22.4 Å². The second-order valence-corrected chi connectivity index (χ2v) is 9.36. The third kappa shape index (κ3) is 6.81. The number of aromatic nitrogens is 3. The summed E-state index contributed by atoms with van der Waals surface area (Å²) in [4.78, 5) is 14.7. The smallest absolute Gasteiger partial charge is 0.433 e. The highest BCUT2D eigenvalue weighted by Crippen LogP contribution is 2.40. The number of hydrogen-bond donors (Lipinski definition) is 2. The van der Waals surface area contributed by atoms with Gasteiger partial charge in [-0.15, -0.1) is 12.4 Å². The molecule has 1 aliphatic rings. The van der Waals surface area contributed by atoms with Crippen LogP contribution < -0.4 is 20.7 Å². The number of nitrogen functional groups attached to an aromatic ring is 1. The molecule has 1 saturated heterocycles. The molecule has 210 valence electrons. The van der Waals surface area contributed by atoms with Crippen molar-refractivity contribution in [1.29, 1.82) is 0 Å². The molecular formula is C29H30ClF3N6O. The van der Waals surface area contributed by atoms with E-state index in [1.54, 1.807) is 6.07 Å². The molecule has 4 aromatic rings. The highest BCUT2D eigenvalue weighted by Gasteiger charge is 2.34. The van der Waals surface area contributed by atoms with Crippen LogP contribution in [0.4, 0.5) is 24.8 Å². The summed E-state index contributed by atoms with van der Waals surface area (Å²) in [6, 6.07) is 20.0. The van der Waals surface area contributed by atoms with Gasteiger partial charge in [0.25, 0.3) is 0 Å². The molecular weight excluding hydrogens is 541 g/mol. The van der Waals surface area contributed by atoms with E-state index in [0.717, 1.165) is 37.8 Å². The van der Waals surface area contributed by atoms with Crippen molar-refractivity contribution in [2.75, 3.05) is 43.4 Å². The maximum absolute atomic E-state index is 13.6. The van der Waals surface area contributed by atoms with E-state index in [-0.39, 0.29) is 42.1 Å². The van der Waals surface area contributed by atoms with Crippen molar-refractivity contribution in [1.82, 2.24) is 20.3 Å². The average molecular weight is 571 g/mol. The number of piperazine rings is 1. The van der Waals surface area contributed by atoms with Gasteiger partial charge in [0.05, 0.1) is 17.9 Å². The number of alkyl halides is 3. The van der Waals surface area contributed by atoms with Crippen LogP contribution in [-0.2, 0) is 12.6 Å². The minimum atomic E-state index is -4.61. The zero-order valence-corrected chi connectivity index (χ0v) is 22.7. The number of halogens is 4. The van der Waals surface area contributed by atoms with Gasteiger partial charge in [0, 0.05) is 49.5 Å². The Hall–Kier alpha value is -3.89. The molecule has 40 heavy (non-hydrogen) atoms. The SMILES string of the molecule is Cc1cc(-c2c(OCCc3ccc(N4CCNCC4)cc3)nc(N)nc2-c2ccccc2)cc(C(F)(F)F)n1.Cl. The molecule has 0 bridgehead atoms. The molecule has 0 atom stereocenters. The maximum Gasteiger partial charge on any atom is 0.433 e. The van der Waals surface area contributed by atoms with E-state index >= 15 is 0 Å². The molecule has 3 N–H and O–H groups in total. The summed E-state index contributed by atoms with van der Waals surface area (Å²) in [5, 5.41) is 3.35. The number of pyridine rings is 1. The Kier molecular flexibility index (Phi) is 9.11. The van der Waals surface area contributed by atoms with Crippen LogP contribution in [0.2, 0.25) is 0 Å². The summed E-state index contributed by atoms with van der Waals surface area (Å²) in [5.41, 5.74) is 9.15. The fourth-order valence-corrected chi connectivity index (χ4v) is 4.65. The second kappa shape index (κ2) is 12.5. The van der Waals surface area contributed by atoms with Gasteiger partial charge in [0.15, 0.2) is 0 Å². The number of anilines is 2. The molecule has 11 heteroatoms. The lowest BCUT2D eigenvalue weighted by molar-refractivity contribution is -0.141. The average Bonchev–Trinajstić information content (AvgIpc) is 2.93. The van der Waals surface area contributed by atoms with Gasteiger partial charge in [-0.05, 0) is 42.3 Å². The largest absolute Gasteiger partial charge is 0.477 e. The van der Waals surface area contributed by atoms with E-state index in [1.165, 1.54) is 12.6 Å². The van der Waals surface area contributed by atoms with Crippen LogP contribution in [0.5, 0.6) is 5.88 Å². The summed E-state index contributed by atoms with van der Waals surface area (Å²) in [7, 11) is 0. The van der Waals surface area contributed by atoms with E-state index in [1.807, 2.05) is 30.3 Å². The number of nitrogens with one attached hydrogen (secondary N) is 1. The minimum absolute atomic E-state index is 0.